The third-order valence-corrected chi connectivity index (χ3v) is 3.04. The first-order valence-corrected chi connectivity index (χ1v) is 4.90. The van der Waals surface area contributed by atoms with Crippen LogP contribution in [0, 0.1) is 17.8 Å². The van der Waals surface area contributed by atoms with E-state index >= 15 is 0 Å². The zero-order chi connectivity index (χ0) is 8.55. The van der Waals surface area contributed by atoms with Gasteiger partial charge in [-0.05, 0) is 25.2 Å². The lowest BCUT2D eigenvalue weighted by Crippen LogP contribution is -2.26. The van der Waals surface area contributed by atoms with Gasteiger partial charge in [0.15, 0.2) is 0 Å². The van der Waals surface area contributed by atoms with E-state index in [1.807, 2.05) is 0 Å². The first-order chi connectivity index (χ1) is 5.79. The lowest BCUT2D eigenvalue weighted by molar-refractivity contribution is -0.128. The Kier molecular flexibility index (Phi) is 2.18. The van der Waals surface area contributed by atoms with E-state index in [2.05, 4.69) is 6.92 Å². The van der Waals surface area contributed by atoms with Crippen molar-refractivity contribution < 1.29 is 9.53 Å². The molecule has 12 heavy (non-hydrogen) atoms. The van der Waals surface area contributed by atoms with Crippen LogP contribution in [0.2, 0.25) is 0 Å². The normalized spacial score (nSPS) is 40.9. The molecule has 3 unspecified atom stereocenters. The van der Waals surface area contributed by atoms with Crippen molar-refractivity contribution in [1.29, 1.82) is 0 Å². The molecule has 2 fully saturated rings. The average molecular weight is 168 g/mol. The molecule has 0 spiro atoms. The van der Waals surface area contributed by atoms with Gasteiger partial charge in [-0.2, -0.15) is 0 Å². The molecule has 68 valence electrons. The average Bonchev–Trinajstić information content (AvgIpc) is 2.83. The summed E-state index contributed by atoms with van der Waals surface area (Å²) < 4.78 is 5.30. The predicted octanol–water partition coefficient (Wildman–Crippen LogP) is 1.64. The Morgan fingerprint density at radius 1 is 1.50 bits per heavy atom. The highest BCUT2D eigenvalue weighted by Gasteiger charge is 2.42. The number of ketones is 1. The van der Waals surface area contributed by atoms with Gasteiger partial charge in [0.05, 0.1) is 6.61 Å². The standard InChI is InChI=1S/C10H16O2/c1-7-5-9(7)10(11)8-3-2-4-12-6-8/h7-9H,2-6H2,1H3. The zero-order valence-electron chi connectivity index (χ0n) is 7.58. The fourth-order valence-electron chi connectivity index (χ4n) is 1.99. The van der Waals surface area contributed by atoms with Crippen molar-refractivity contribution in [2.24, 2.45) is 17.8 Å². The summed E-state index contributed by atoms with van der Waals surface area (Å²) in [5.41, 5.74) is 0. The molecule has 2 heteroatoms. The Hall–Kier alpha value is -0.370. The number of ether oxygens (including phenoxy) is 1. The maximum Gasteiger partial charge on any atom is 0.141 e. The summed E-state index contributed by atoms with van der Waals surface area (Å²) in [6.07, 6.45) is 3.24. The molecule has 1 heterocycles. The second-order valence-corrected chi connectivity index (χ2v) is 4.14. The largest absolute Gasteiger partial charge is 0.381 e. The topological polar surface area (TPSA) is 26.3 Å². The van der Waals surface area contributed by atoms with Crippen molar-refractivity contribution in [2.75, 3.05) is 13.2 Å². The smallest absolute Gasteiger partial charge is 0.141 e. The third kappa shape index (κ3) is 1.53. The van der Waals surface area contributed by atoms with E-state index in [0.29, 0.717) is 24.2 Å². The van der Waals surface area contributed by atoms with Gasteiger partial charge in [-0.25, -0.2) is 0 Å². The van der Waals surface area contributed by atoms with Crippen LogP contribution in [0.3, 0.4) is 0 Å². The summed E-state index contributed by atoms with van der Waals surface area (Å²) in [6, 6.07) is 0. The number of carbonyl (C=O) groups excluding carboxylic acids is 1. The van der Waals surface area contributed by atoms with Crippen molar-refractivity contribution in [3.05, 3.63) is 0 Å². The molecule has 0 bridgehead atoms. The molecule has 0 aromatic heterocycles. The number of hydrogen-bond donors (Lipinski definition) is 0. The van der Waals surface area contributed by atoms with Gasteiger partial charge in [-0.1, -0.05) is 6.92 Å². The van der Waals surface area contributed by atoms with E-state index in [4.69, 9.17) is 4.74 Å². The van der Waals surface area contributed by atoms with E-state index in [-0.39, 0.29) is 5.92 Å². The van der Waals surface area contributed by atoms with Crippen LogP contribution in [-0.4, -0.2) is 19.0 Å². The van der Waals surface area contributed by atoms with Gasteiger partial charge in [-0.15, -0.1) is 0 Å². The molecule has 0 aromatic carbocycles. The zero-order valence-corrected chi connectivity index (χ0v) is 7.58. The summed E-state index contributed by atoms with van der Waals surface area (Å²) in [6.45, 7) is 3.69. The molecule has 0 N–H and O–H groups in total. The number of hydrogen-bond acceptors (Lipinski definition) is 2. The minimum atomic E-state index is 0.230. The molecule has 1 saturated carbocycles. The molecule has 3 atom stereocenters. The van der Waals surface area contributed by atoms with Gasteiger partial charge in [0.2, 0.25) is 0 Å². The van der Waals surface area contributed by atoms with Crippen molar-refractivity contribution in [3.8, 4) is 0 Å². The van der Waals surface area contributed by atoms with Crippen LogP contribution >= 0.6 is 0 Å². The van der Waals surface area contributed by atoms with Gasteiger partial charge in [0.1, 0.15) is 5.78 Å². The summed E-state index contributed by atoms with van der Waals surface area (Å²) >= 11 is 0. The highest BCUT2D eigenvalue weighted by Crippen LogP contribution is 2.41. The molecule has 1 aliphatic heterocycles. The quantitative estimate of drug-likeness (QED) is 0.626. The Labute approximate surface area is 73.3 Å². The van der Waals surface area contributed by atoms with Crippen molar-refractivity contribution >= 4 is 5.78 Å². The highest BCUT2D eigenvalue weighted by molar-refractivity contribution is 5.86. The maximum atomic E-state index is 11.7. The van der Waals surface area contributed by atoms with Gasteiger partial charge in [0.25, 0.3) is 0 Å². The lowest BCUT2D eigenvalue weighted by Gasteiger charge is -2.20. The second kappa shape index (κ2) is 3.17. The van der Waals surface area contributed by atoms with Gasteiger partial charge in [-0.3, -0.25) is 4.79 Å². The third-order valence-electron chi connectivity index (χ3n) is 3.04. The second-order valence-electron chi connectivity index (χ2n) is 4.14. The van der Waals surface area contributed by atoms with Crippen molar-refractivity contribution in [2.45, 2.75) is 26.2 Å². The van der Waals surface area contributed by atoms with E-state index in [1.54, 1.807) is 0 Å². The molecule has 1 aliphatic carbocycles. The van der Waals surface area contributed by atoms with E-state index < -0.39 is 0 Å². The van der Waals surface area contributed by atoms with Crippen LogP contribution in [-0.2, 0) is 9.53 Å². The minimum Gasteiger partial charge on any atom is -0.381 e. The molecule has 0 aromatic rings. The van der Waals surface area contributed by atoms with Crippen LogP contribution < -0.4 is 0 Å². The summed E-state index contributed by atoms with van der Waals surface area (Å²) in [5.74, 6) is 1.74. The highest BCUT2D eigenvalue weighted by atomic mass is 16.5. The molecule has 1 saturated heterocycles. The van der Waals surface area contributed by atoms with Crippen molar-refractivity contribution in [3.63, 3.8) is 0 Å². The van der Waals surface area contributed by atoms with Crippen molar-refractivity contribution in [1.82, 2.24) is 0 Å². The molecular formula is C10H16O2. The van der Waals surface area contributed by atoms with E-state index in [0.717, 1.165) is 25.9 Å². The Balaban J connectivity index is 1.86. The Morgan fingerprint density at radius 3 is 2.75 bits per heavy atom. The van der Waals surface area contributed by atoms with Gasteiger partial charge >= 0.3 is 0 Å². The van der Waals surface area contributed by atoms with E-state index in [1.165, 1.54) is 0 Å². The molecule has 2 rings (SSSR count). The van der Waals surface area contributed by atoms with E-state index in [9.17, 15) is 4.79 Å². The van der Waals surface area contributed by atoms with Crippen LogP contribution in [0.15, 0.2) is 0 Å². The SMILES string of the molecule is CC1CC1C(=O)C1CCCOC1. The number of rotatable bonds is 2. The van der Waals surface area contributed by atoms with Crippen LogP contribution in [0.5, 0.6) is 0 Å². The monoisotopic (exact) mass is 168 g/mol. The summed E-state index contributed by atoms with van der Waals surface area (Å²) in [4.78, 5) is 11.7. The fourth-order valence-corrected chi connectivity index (χ4v) is 1.99. The van der Waals surface area contributed by atoms with Crippen LogP contribution in [0.1, 0.15) is 26.2 Å². The van der Waals surface area contributed by atoms with Crippen LogP contribution in [0.25, 0.3) is 0 Å². The number of carbonyl (C=O) groups is 1. The molecule has 2 nitrogen and oxygen atoms in total. The Morgan fingerprint density at radius 2 is 2.25 bits per heavy atom. The first kappa shape index (κ1) is 8.24. The summed E-state index contributed by atoms with van der Waals surface area (Å²) in [7, 11) is 0. The van der Waals surface area contributed by atoms with Gasteiger partial charge in [0, 0.05) is 18.4 Å². The lowest BCUT2D eigenvalue weighted by atomic mass is 9.94. The van der Waals surface area contributed by atoms with Crippen LogP contribution in [0.4, 0.5) is 0 Å². The molecular weight excluding hydrogens is 152 g/mol. The predicted molar refractivity (Wildman–Crippen MR) is 45.8 cm³/mol. The molecule has 0 radical (unpaired) electrons. The first-order valence-electron chi connectivity index (χ1n) is 4.90. The fraction of sp³-hybridized carbons (Fsp3) is 0.900. The Bertz CT molecular complexity index is 182. The molecule has 0 amide bonds. The maximum absolute atomic E-state index is 11.7. The van der Waals surface area contributed by atoms with Gasteiger partial charge < -0.3 is 4.74 Å². The summed E-state index contributed by atoms with van der Waals surface area (Å²) in [5, 5.41) is 0. The molecule has 2 aliphatic rings. The number of Topliss-reactive ketones (excluding diaryl/α,β-unsaturated/α-hetero) is 1. The minimum absolute atomic E-state index is 0.230.